The van der Waals surface area contributed by atoms with E-state index in [-0.39, 0.29) is 0 Å². The fourth-order valence-electron chi connectivity index (χ4n) is 4.01. The van der Waals surface area contributed by atoms with Crippen LogP contribution in [0.5, 0.6) is 0 Å². The van der Waals surface area contributed by atoms with Crippen LogP contribution in [0.3, 0.4) is 0 Å². The van der Waals surface area contributed by atoms with Gasteiger partial charge in [0, 0.05) is 6.04 Å². The second-order valence-corrected chi connectivity index (χ2v) is 6.35. The van der Waals surface area contributed by atoms with Crippen LogP contribution in [0.2, 0.25) is 0 Å². The maximum Gasteiger partial charge on any atom is 0.00390 e. The summed E-state index contributed by atoms with van der Waals surface area (Å²) in [5.41, 5.74) is 5.98. The van der Waals surface area contributed by atoms with Crippen LogP contribution in [0.4, 0.5) is 0 Å². The summed E-state index contributed by atoms with van der Waals surface area (Å²) in [7, 11) is 0. The second-order valence-electron chi connectivity index (χ2n) is 6.35. The molecule has 2 aliphatic carbocycles. The minimum atomic E-state index is 0.514. The molecule has 0 bridgehead atoms. The summed E-state index contributed by atoms with van der Waals surface area (Å²) < 4.78 is 0. The fraction of sp³-hybridized carbons (Fsp3) is 1.00. The average Bonchev–Trinajstić information content (AvgIpc) is 2.17. The van der Waals surface area contributed by atoms with Crippen LogP contribution in [-0.2, 0) is 0 Å². The zero-order valence-corrected chi connectivity index (χ0v) is 10.4. The maximum absolute atomic E-state index is 5.98. The van der Waals surface area contributed by atoms with Crippen molar-refractivity contribution in [3.05, 3.63) is 0 Å². The van der Waals surface area contributed by atoms with Gasteiger partial charge in [-0.2, -0.15) is 0 Å². The summed E-state index contributed by atoms with van der Waals surface area (Å²) >= 11 is 0. The Hall–Kier alpha value is -0.0400. The summed E-state index contributed by atoms with van der Waals surface area (Å²) in [5, 5.41) is 0. The Bertz CT molecular complexity index is 184. The van der Waals surface area contributed by atoms with Gasteiger partial charge >= 0.3 is 0 Å². The molecule has 0 aromatic rings. The quantitative estimate of drug-likeness (QED) is 0.702. The van der Waals surface area contributed by atoms with Crippen molar-refractivity contribution in [2.24, 2.45) is 29.4 Å². The predicted octanol–water partition coefficient (Wildman–Crippen LogP) is 3.58. The molecule has 2 N–H and O–H groups in total. The van der Waals surface area contributed by atoms with E-state index in [9.17, 15) is 0 Å². The largest absolute Gasteiger partial charge is 0.328 e. The van der Waals surface area contributed by atoms with E-state index in [2.05, 4.69) is 13.8 Å². The Balaban J connectivity index is 1.87. The normalized spacial score (nSPS) is 47.8. The molecule has 0 spiro atoms. The maximum atomic E-state index is 5.98. The van der Waals surface area contributed by atoms with E-state index < -0.39 is 0 Å². The standard InChI is InChI=1S/C14H27N/c1-10-7-11(2)9-13(8-10)12-3-5-14(15)6-4-12/h10-14H,3-9,15H2,1-2H3. The predicted molar refractivity (Wildman–Crippen MR) is 65.6 cm³/mol. The zero-order valence-electron chi connectivity index (χ0n) is 10.4. The molecule has 2 atom stereocenters. The molecule has 2 unspecified atom stereocenters. The first kappa shape index (κ1) is 11.4. The lowest BCUT2D eigenvalue weighted by molar-refractivity contribution is 0.128. The summed E-state index contributed by atoms with van der Waals surface area (Å²) in [6, 6.07) is 0.514. The first-order chi connectivity index (χ1) is 7.15. The van der Waals surface area contributed by atoms with Gasteiger partial charge in [0.1, 0.15) is 0 Å². The SMILES string of the molecule is CC1CC(C)CC(C2CCC(N)CC2)C1. The molecule has 0 aromatic carbocycles. The van der Waals surface area contributed by atoms with Crippen LogP contribution in [0.15, 0.2) is 0 Å². The van der Waals surface area contributed by atoms with Crippen molar-refractivity contribution >= 4 is 0 Å². The lowest BCUT2D eigenvalue weighted by atomic mass is 9.67. The molecule has 0 radical (unpaired) electrons. The van der Waals surface area contributed by atoms with Crippen LogP contribution in [0.25, 0.3) is 0 Å². The molecular weight excluding hydrogens is 182 g/mol. The molecule has 88 valence electrons. The third kappa shape index (κ3) is 2.96. The van der Waals surface area contributed by atoms with Crippen LogP contribution >= 0.6 is 0 Å². The summed E-state index contributed by atoms with van der Waals surface area (Å²) in [6.07, 6.45) is 9.82. The zero-order chi connectivity index (χ0) is 10.8. The van der Waals surface area contributed by atoms with E-state index in [4.69, 9.17) is 5.73 Å². The highest BCUT2D eigenvalue weighted by molar-refractivity contribution is 4.84. The Kier molecular flexibility index (Phi) is 3.71. The highest BCUT2D eigenvalue weighted by Gasteiger charge is 2.31. The van der Waals surface area contributed by atoms with Gasteiger partial charge in [-0.05, 0) is 68.6 Å². The third-order valence-corrected chi connectivity index (χ3v) is 4.70. The number of rotatable bonds is 1. The van der Waals surface area contributed by atoms with Crippen LogP contribution < -0.4 is 5.73 Å². The Labute approximate surface area is 94.8 Å². The van der Waals surface area contributed by atoms with E-state index in [1.807, 2.05) is 0 Å². The van der Waals surface area contributed by atoms with Gasteiger partial charge in [0.25, 0.3) is 0 Å². The van der Waals surface area contributed by atoms with Gasteiger partial charge in [-0.3, -0.25) is 0 Å². The molecule has 0 amide bonds. The van der Waals surface area contributed by atoms with Gasteiger partial charge in [0.2, 0.25) is 0 Å². The van der Waals surface area contributed by atoms with E-state index in [1.165, 1.54) is 44.9 Å². The van der Waals surface area contributed by atoms with E-state index in [0.717, 1.165) is 23.7 Å². The van der Waals surface area contributed by atoms with E-state index in [0.29, 0.717) is 6.04 Å². The van der Waals surface area contributed by atoms with Gasteiger partial charge in [-0.15, -0.1) is 0 Å². The average molecular weight is 209 g/mol. The second kappa shape index (κ2) is 4.86. The molecule has 2 saturated carbocycles. The van der Waals surface area contributed by atoms with Crippen molar-refractivity contribution in [2.75, 3.05) is 0 Å². The first-order valence-corrected chi connectivity index (χ1v) is 6.90. The number of hydrogen-bond acceptors (Lipinski definition) is 1. The van der Waals surface area contributed by atoms with Crippen molar-refractivity contribution in [3.8, 4) is 0 Å². The molecule has 0 aliphatic heterocycles. The monoisotopic (exact) mass is 209 g/mol. The molecule has 1 heteroatoms. The Morgan fingerprint density at radius 1 is 0.733 bits per heavy atom. The Morgan fingerprint density at radius 3 is 1.80 bits per heavy atom. The van der Waals surface area contributed by atoms with Crippen LogP contribution in [0.1, 0.15) is 58.8 Å². The summed E-state index contributed by atoms with van der Waals surface area (Å²) in [5.74, 6) is 3.97. The molecule has 1 nitrogen and oxygen atoms in total. The highest BCUT2D eigenvalue weighted by atomic mass is 14.6. The van der Waals surface area contributed by atoms with Crippen molar-refractivity contribution in [2.45, 2.75) is 64.8 Å². The first-order valence-electron chi connectivity index (χ1n) is 6.90. The van der Waals surface area contributed by atoms with Gasteiger partial charge in [0.15, 0.2) is 0 Å². The molecule has 0 heterocycles. The van der Waals surface area contributed by atoms with Gasteiger partial charge in [0.05, 0.1) is 0 Å². The lowest BCUT2D eigenvalue weighted by Crippen LogP contribution is -2.32. The molecule has 2 rings (SSSR count). The van der Waals surface area contributed by atoms with Gasteiger partial charge in [-0.25, -0.2) is 0 Å². The lowest BCUT2D eigenvalue weighted by Gasteiger charge is -2.39. The van der Waals surface area contributed by atoms with Crippen molar-refractivity contribution < 1.29 is 0 Å². The highest BCUT2D eigenvalue weighted by Crippen LogP contribution is 2.41. The topological polar surface area (TPSA) is 26.0 Å². The fourth-order valence-corrected chi connectivity index (χ4v) is 4.01. The molecule has 0 saturated heterocycles. The van der Waals surface area contributed by atoms with E-state index in [1.54, 1.807) is 0 Å². The minimum absolute atomic E-state index is 0.514. The van der Waals surface area contributed by atoms with Crippen molar-refractivity contribution in [1.82, 2.24) is 0 Å². The van der Waals surface area contributed by atoms with Crippen LogP contribution in [-0.4, -0.2) is 6.04 Å². The Morgan fingerprint density at radius 2 is 1.27 bits per heavy atom. The summed E-state index contributed by atoms with van der Waals surface area (Å²) in [4.78, 5) is 0. The van der Waals surface area contributed by atoms with Crippen molar-refractivity contribution in [3.63, 3.8) is 0 Å². The molecule has 0 aromatic heterocycles. The van der Waals surface area contributed by atoms with Gasteiger partial charge < -0.3 is 5.73 Å². The summed E-state index contributed by atoms with van der Waals surface area (Å²) in [6.45, 7) is 4.88. The van der Waals surface area contributed by atoms with Crippen LogP contribution in [0, 0.1) is 23.7 Å². The molecule has 2 aliphatic rings. The molecular formula is C14H27N. The molecule has 2 fully saturated rings. The van der Waals surface area contributed by atoms with Crippen molar-refractivity contribution in [1.29, 1.82) is 0 Å². The smallest absolute Gasteiger partial charge is 0.00390 e. The molecule has 15 heavy (non-hydrogen) atoms. The van der Waals surface area contributed by atoms with Gasteiger partial charge in [-0.1, -0.05) is 13.8 Å². The van der Waals surface area contributed by atoms with E-state index >= 15 is 0 Å². The number of nitrogens with two attached hydrogens (primary N) is 1. The third-order valence-electron chi connectivity index (χ3n) is 4.70. The minimum Gasteiger partial charge on any atom is -0.328 e. The number of hydrogen-bond donors (Lipinski definition) is 1.